The van der Waals surface area contributed by atoms with E-state index in [1.807, 2.05) is 63.2 Å². The fraction of sp³-hybridized carbons (Fsp3) is 0.167. The van der Waals surface area contributed by atoms with Crippen LogP contribution in [0, 0.1) is 0 Å². The summed E-state index contributed by atoms with van der Waals surface area (Å²) in [6, 6.07) is 13.0. The molecule has 0 bridgehead atoms. The number of carbonyl (C=O) groups is 1. The van der Waals surface area contributed by atoms with Gasteiger partial charge in [0.25, 0.3) is 0 Å². The molecule has 0 atom stereocenters. The first-order valence-electron chi connectivity index (χ1n) is 10.9. The molecule has 0 aliphatic heterocycles. The number of anilines is 3. The van der Waals surface area contributed by atoms with Crippen molar-refractivity contribution in [1.82, 2.24) is 29.0 Å². The van der Waals surface area contributed by atoms with Crippen molar-refractivity contribution in [2.24, 2.45) is 0 Å². The molecule has 182 valence electrons. The van der Waals surface area contributed by atoms with E-state index in [-0.39, 0.29) is 6.03 Å². The van der Waals surface area contributed by atoms with Crippen molar-refractivity contribution in [3.8, 4) is 11.1 Å². The van der Waals surface area contributed by atoms with Crippen LogP contribution in [0.2, 0.25) is 0 Å². The molecule has 0 saturated carbocycles. The number of pyridine rings is 1. The summed E-state index contributed by atoms with van der Waals surface area (Å²) >= 11 is 8.41. The molecule has 0 saturated heterocycles. The average molecular weight is 628 g/mol. The average Bonchev–Trinajstić information content (AvgIpc) is 3.26. The first kappa shape index (κ1) is 24.5. The van der Waals surface area contributed by atoms with Crippen LogP contribution < -0.4 is 16.0 Å². The number of hydrogen-bond acceptors (Lipinski definition) is 8. The van der Waals surface area contributed by atoms with Gasteiger partial charge in [-0.1, -0.05) is 37.9 Å². The van der Waals surface area contributed by atoms with Crippen LogP contribution in [0.25, 0.3) is 33.2 Å². The number of amides is 2. The van der Waals surface area contributed by atoms with Crippen molar-refractivity contribution in [2.45, 2.75) is 26.3 Å². The van der Waals surface area contributed by atoms with Gasteiger partial charge in [-0.3, -0.25) is 5.32 Å². The quantitative estimate of drug-likeness (QED) is 0.199. The molecule has 2 aromatic carbocycles. The van der Waals surface area contributed by atoms with E-state index >= 15 is 0 Å². The highest BCUT2D eigenvalue weighted by atomic mass is 79.9. The number of rotatable bonds is 4. The highest BCUT2D eigenvalue weighted by Gasteiger charge is 2.20. The van der Waals surface area contributed by atoms with E-state index in [1.165, 1.54) is 11.7 Å². The van der Waals surface area contributed by atoms with Gasteiger partial charge >= 0.3 is 6.03 Å². The second-order valence-electron chi connectivity index (χ2n) is 9.01. The van der Waals surface area contributed by atoms with Crippen LogP contribution in [-0.4, -0.2) is 35.3 Å². The molecule has 0 aliphatic carbocycles. The zero-order valence-corrected chi connectivity index (χ0v) is 23.4. The predicted molar refractivity (Wildman–Crippen MR) is 151 cm³/mol. The number of urea groups is 1. The minimum atomic E-state index is -0.414. The molecule has 0 unspecified atom stereocenters. The minimum absolute atomic E-state index is 0.364. The third kappa shape index (κ3) is 5.30. The number of fused-ring (bicyclic) bond motifs is 2. The highest BCUT2D eigenvalue weighted by Crippen LogP contribution is 2.39. The first-order valence-corrected chi connectivity index (χ1v) is 13.2. The van der Waals surface area contributed by atoms with E-state index in [0.717, 1.165) is 42.2 Å². The van der Waals surface area contributed by atoms with Gasteiger partial charge in [-0.15, -0.1) is 0 Å². The molecule has 36 heavy (non-hydrogen) atoms. The number of halogens is 2. The Kier molecular flexibility index (Phi) is 6.58. The van der Waals surface area contributed by atoms with Gasteiger partial charge in [0.2, 0.25) is 5.95 Å². The van der Waals surface area contributed by atoms with E-state index in [0.29, 0.717) is 17.4 Å². The number of benzene rings is 2. The summed E-state index contributed by atoms with van der Waals surface area (Å²) in [6.07, 6.45) is 1.70. The highest BCUT2D eigenvalue weighted by molar-refractivity contribution is 9.11. The fourth-order valence-electron chi connectivity index (χ4n) is 3.53. The third-order valence-corrected chi connectivity index (χ3v) is 6.91. The maximum absolute atomic E-state index is 12.8. The van der Waals surface area contributed by atoms with Gasteiger partial charge in [0.15, 0.2) is 5.65 Å². The van der Waals surface area contributed by atoms with Crippen LogP contribution in [-0.2, 0) is 0 Å². The van der Waals surface area contributed by atoms with E-state index in [9.17, 15) is 4.79 Å². The second kappa shape index (κ2) is 9.68. The van der Waals surface area contributed by atoms with Gasteiger partial charge < -0.3 is 10.6 Å². The largest absolute Gasteiger partial charge is 0.333 e. The number of nitrogens with one attached hydrogen (secondary N) is 3. The lowest BCUT2D eigenvalue weighted by Crippen LogP contribution is -2.43. The van der Waals surface area contributed by atoms with Gasteiger partial charge in [0, 0.05) is 42.9 Å². The lowest BCUT2D eigenvalue weighted by atomic mass is 10.1. The summed E-state index contributed by atoms with van der Waals surface area (Å²) in [6.45, 7) is 5.74. The van der Waals surface area contributed by atoms with Gasteiger partial charge in [0.05, 0.1) is 11.7 Å². The summed E-state index contributed by atoms with van der Waals surface area (Å²) < 4.78 is 10.2. The number of hydrogen-bond donors (Lipinski definition) is 3. The lowest BCUT2D eigenvalue weighted by Gasteiger charge is -2.21. The summed E-state index contributed by atoms with van der Waals surface area (Å²) in [5.74, 6) is 0.744. The zero-order chi connectivity index (χ0) is 25.4. The molecule has 2 amide bonds. The molecule has 3 heterocycles. The Morgan fingerprint density at radius 1 is 0.972 bits per heavy atom. The molecule has 5 aromatic rings. The van der Waals surface area contributed by atoms with Crippen molar-refractivity contribution in [1.29, 1.82) is 0 Å². The monoisotopic (exact) mass is 626 g/mol. The maximum Gasteiger partial charge on any atom is 0.320 e. The number of nitrogens with zero attached hydrogens (tertiary/aromatic N) is 5. The van der Waals surface area contributed by atoms with Crippen LogP contribution in [0.4, 0.5) is 22.2 Å². The van der Waals surface area contributed by atoms with Crippen LogP contribution >= 0.6 is 43.6 Å². The zero-order valence-electron chi connectivity index (χ0n) is 19.4. The summed E-state index contributed by atoms with van der Waals surface area (Å²) in [5, 5.41) is 9.73. The van der Waals surface area contributed by atoms with Crippen LogP contribution in [0.15, 0.2) is 57.6 Å². The molecule has 0 fully saturated rings. The van der Waals surface area contributed by atoms with Crippen LogP contribution in [0.5, 0.6) is 0 Å². The SMILES string of the molecule is CC(C)(C)NC(=O)Nc1nc2nc(Nc3ccc4nsnc4c3)ncc2cc1-c1c(Br)cccc1Br. The third-order valence-electron chi connectivity index (χ3n) is 5.03. The molecule has 5 rings (SSSR count). The molecular weight excluding hydrogens is 608 g/mol. The molecule has 0 aliphatic rings. The molecule has 3 N–H and O–H groups in total. The van der Waals surface area contributed by atoms with Crippen LogP contribution in [0.3, 0.4) is 0 Å². The summed E-state index contributed by atoms with van der Waals surface area (Å²) in [7, 11) is 0. The number of carbonyl (C=O) groups excluding carboxylic acids is 1. The maximum atomic E-state index is 12.8. The van der Waals surface area contributed by atoms with Crippen molar-refractivity contribution in [3.05, 3.63) is 57.6 Å². The Bertz CT molecular complexity index is 1600. The van der Waals surface area contributed by atoms with Gasteiger partial charge in [-0.2, -0.15) is 13.7 Å². The summed E-state index contributed by atoms with van der Waals surface area (Å²) in [4.78, 5) is 26.6. The van der Waals surface area contributed by atoms with Crippen molar-refractivity contribution >= 4 is 89.1 Å². The molecule has 0 spiro atoms. The normalized spacial score (nSPS) is 11.6. The topological polar surface area (TPSA) is 118 Å². The van der Waals surface area contributed by atoms with Crippen molar-refractivity contribution in [2.75, 3.05) is 10.6 Å². The van der Waals surface area contributed by atoms with E-state index < -0.39 is 5.54 Å². The standard InChI is InChI=1S/C24H20Br2N8OS/c1-24(2,3)32-23(35)31-21-14(19-15(25)5-4-6-16(19)26)9-12-11-27-22(30-20(12)29-21)28-13-7-8-17-18(10-13)34-36-33-17/h4-11H,1-3H3,(H3,27,28,29,30,31,32,35). The Balaban J connectivity index is 1.57. The second-order valence-corrected chi connectivity index (χ2v) is 11.2. The molecule has 9 nitrogen and oxygen atoms in total. The smallest absolute Gasteiger partial charge is 0.320 e. The Morgan fingerprint density at radius 2 is 1.72 bits per heavy atom. The van der Waals surface area contributed by atoms with Gasteiger partial charge in [-0.05, 0) is 57.2 Å². The molecular formula is C24H20Br2N8OS. The fourth-order valence-corrected chi connectivity index (χ4v) is 5.48. The molecule has 12 heteroatoms. The summed E-state index contributed by atoms with van der Waals surface area (Å²) in [5.41, 5.74) is 4.00. The predicted octanol–water partition coefficient (Wildman–Crippen LogP) is 6.89. The minimum Gasteiger partial charge on any atom is -0.333 e. The van der Waals surface area contributed by atoms with Crippen molar-refractivity contribution in [3.63, 3.8) is 0 Å². The van der Waals surface area contributed by atoms with E-state index in [1.54, 1.807) is 6.20 Å². The first-order chi connectivity index (χ1) is 17.2. The van der Waals surface area contributed by atoms with E-state index in [4.69, 9.17) is 4.98 Å². The Hall–Kier alpha value is -3.22. The lowest BCUT2D eigenvalue weighted by molar-refractivity contribution is 0.243. The van der Waals surface area contributed by atoms with Crippen LogP contribution in [0.1, 0.15) is 20.8 Å². The molecule has 3 aromatic heterocycles. The van der Waals surface area contributed by atoms with Crippen molar-refractivity contribution < 1.29 is 4.79 Å². The number of aromatic nitrogens is 5. The van der Waals surface area contributed by atoms with Gasteiger partial charge in [0.1, 0.15) is 16.9 Å². The molecule has 0 radical (unpaired) electrons. The van der Waals surface area contributed by atoms with E-state index in [2.05, 4.69) is 66.5 Å². The van der Waals surface area contributed by atoms with Gasteiger partial charge in [-0.25, -0.2) is 14.8 Å². The Morgan fingerprint density at radius 3 is 2.47 bits per heavy atom. The Labute approximate surface area is 227 Å².